The van der Waals surface area contributed by atoms with Gasteiger partial charge in [-0.15, -0.1) is 0 Å². The second-order valence-corrected chi connectivity index (χ2v) is 8.85. The van der Waals surface area contributed by atoms with Crippen molar-refractivity contribution in [2.75, 3.05) is 0 Å². The third-order valence-electron chi connectivity index (χ3n) is 5.74. The second-order valence-electron chi connectivity index (χ2n) is 7.60. The summed E-state index contributed by atoms with van der Waals surface area (Å²) in [6.45, 7) is 4.70. The molecule has 0 saturated heterocycles. The highest BCUT2D eigenvalue weighted by Crippen LogP contribution is 2.51. The van der Waals surface area contributed by atoms with Crippen molar-refractivity contribution in [1.29, 1.82) is 0 Å². The summed E-state index contributed by atoms with van der Waals surface area (Å²) in [6.07, 6.45) is 0. The normalized spacial score (nSPS) is 14.3. The summed E-state index contributed by atoms with van der Waals surface area (Å²) in [5.41, 5.74) is 8.27. The average molecular weight is 446 g/mol. The van der Waals surface area contributed by atoms with E-state index in [4.69, 9.17) is 0 Å². The number of hydrogen-bond donors (Lipinski definition) is 0. The Morgan fingerprint density at radius 2 is 1.42 bits per heavy atom. The van der Waals surface area contributed by atoms with Crippen molar-refractivity contribution in [1.82, 2.24) is 0 Å². The molecule has 0 aliphatic heterocycles. The maximum absolute atomic E-state index is 2.40. The average Bonchev–Trinajstić information content (AvgIpc) is 2.90. The van der Waals surface area contributed by atoms with Gasteiger partial charge in [0.1, 0.15) is 0 Å². The standard InChI is InChI=1S/C25H19I/c1-25(2)22-14-10-17-5-3-4-6-20(17)24(22)21-13-9-18(15-23(21)25)16-7-11-19(26)12-8-16/h3-15H,1-2H3. The summed E-state index contributed by atoms with van der Waals surface area (Å²) in [5, 5.41) is 2.68. The molecule has 0 atom stereocenters. The second kappa shape index (κ2) is 5.68. The SMILES string of the molecule is CC1(C)c2cc(-c3ccc(I)cc3)ccc2-c2c1ccc1ccccc21. The fourth-order valence-corrected chi connectivity index (χ4v) is 4.69. The van der Waals surface area contributed by atoms with E-state index < -0.39 is 0 Å². The first-order valence-electron chi connectivity index (χ1n) is 8.99. The lowest BCUT2D eigenvalue weighted by molar-refractivity contribution is 0.661. The van der Waals surface area contributed by atoms with Gasteiger partial charge in [0.15, 0.2) is 0 Å². The van der Waals surface area contributed by atoms with Crippen LogP contribution in [-0.4, -0.2) is 0 Å². The van der Waals surface area contributed by atoms with E-state index in [-0.39, 0.29) is 5.41 Å². The van der Waals surface area contributed by atoms with Crippen LogP contribution < -0.4 is 0 Å². The Balaban J connectivity index is 1.77. The van der Waals surface area contributed by atoms with Crippen molar-refractivity contribution >= 4 is 33.4 Å². The lowest BCUT2D eigenvalue weighted by atomic mass is 9.81. The Kier molecular flexibility index (Phi) is 3.51. The first kappa shape index (κ1) is 16.1. The van der Waals surface area contributed by atoms with Gasteiger partial charge in [-0.05, 0) is 84.9 Å². The Bertz CT molecular complexity index is 1150. The van der Waals surface area contributed by atoms with Crippen LogP contribution in [0.5, 0.6) is 0 Å². The minimum atomic E-state index is 0.0217. The van der Waals surface area contributed by atoms with Crippen molar-refractivity contribution in [3.8, 4) is 22.3 Å². The summed E-state index contributed by atoms with van der Waals surface area (Å²) in [7, 11) is 0. The molecule has 4 aromatic rings. The summed E-state index contributed by atoms with van der Waals surface area (Å²) in [5.74, 6) is 0. The van der Waals surface area contributed by atoms with Crippen molar-refractivity contribution in [3.05, 3.63) is 93.6 Å². The molecule has 0 heterocycles. The van der Waals surface area contributed by atoms with Crippen LogP contribution in [0.2, 0.25) is 0 Å². The largest absolute Gasteiger partial charge is 0.0616 e. The van der Waals surface area contributed by atoms with Gasteiger partial charge < -0.3 is 0 Å². The molecule has 1 heteroatoms. The van der Waals surface area contributed by atoms with Crippen LogP contribution in [0.25, 0.3) is 33.0 Å². The molecule has 0 N–H and O–H groups in total. The topological polar surface area (TPSA) is 0 Å². The van der Waals surface area contributed by atoms with Crippen LogP contribution in [0, 0.1) is 3.57 Å². The van der Waals surface area contributed by atoms with Crippen LogP contribution >= 0.6 is 22.6 Å². The molecule has 1 aliphatic rings. The zero-order valence-corrected chi connectivity index (χ0v) is 17.0. The Morgan fingerprint density at radius 3 is 2.23 bits per heavy atom. The molecule has 0 saturated carbocycles. The molecule has 0 fully saturated rings. The number of rotatable bonds is 1. The summed E-state index contributed by atoms with van der Waals surface area (Å²) in [4.78, 5) is 0. The highest BCUT2D eigenvalue weighted by atomic mass is 127. The van der Waals surface area contributed by atoms with Crippen molar-refractivity contribution in [3.63, 3.8) is 0 Å². The van der Waals surface area contributed by atoms with Crippen LogP contribution in [0.4, 0.5) is 0 Å². The van der Waals surface area contributed by atoms with Crippen molar-refractivity contribution < 1.29 is 0 Å². The van der Waals surface area contributed by atoms with Crippen LogP contribution in [0.15, 0.2) is 78.9 Å². The molecular weight excluding hydrogens is 427 g/mol. The molecule has 0 aromatic heterocycles. The quantitative estimate of drug-likeness (QED) is 0.267. The van der Waals surface area contributed by atoms with Gasteiger partial charge in [0.25, 0.3) is 0 Å². The predicted molar refractivity (Wildman–Crippen MR) is 120 cm³/mol. The highest BCUT2D eigenvalue weighted by molar-refractivity contribution is 14.1. The summed E-state index contributed by atoms with van der Waals surface area (Å²) >= 11 is 2.36. The van der Waals surface area contributed by atoms with Gasteiger partial charge in [-0.2, -0.15) is 0 Å². The number of fused-ring (bicyclic) bond motifs is 5. The number of benzene rings is 4. The Hall–Kier alpha value is -2.13. The molecule has 0 nitrogen and oxygen atoms in total. The van der Waals surface area contributed by atoms with E-state index in [1.807, 2.05) is 0 Å². The Morgan fingerprint density at radius 1 is 0.692 bits per heavy atom. The lowest BCUT2D eigenvalue weighted by Crippen LogP contribution is -2.15. The molecule has 0 radical (unpaired) electrons. The van der Waals surface area contributed by atoms with Crippen LogP contribution in [0.3, 0.4) is 0 Å². The van der Waals surface area contributed by atoms with E-state index in [9.17, 15) is 0 Å². The molecular formula is C25H19I. The van der Waals surface area contributed by atoms with Gasteiger partial charge >= 0.3 is 0 Å². The van der Waals surface area contributed by atoms with E-state index in [2.05, 4.69) is 115 Å². The summed E-state index contributed by atoms with van der Waals surface area (Å²) < 4.78 is 1.27. The van der Waals surface area contributed by atoms with Gasteiger partial charge in [0, 0.05) is 8.99 Å². The zero-order chi connectivity index (χ0) is 17.9. The maximum atomic E-state index is 2.40. The molecule has 0 spiro atoms. The third-order valence-corrected chi connectivity index (χ3v) is 6.46. The first-order chi connectivity index (χ1) is 12.6. The fourth-order valence-electron chi connectivity index (χ4n) is 4.33. The molecule has 4 aromatic carbocycles. The zero-order valence-electron chi connectivity index (χ0n) is 14.9. The molecule has 5 rings (SSSR count). The van der Waals surface area contributed by atoms with Gasteiger partial charge in [-0.3, -0.25) is 0 Å². The minimum absolute atomic E-state index is 0.0217. The molecule has 1 aliphatic carbocycles. The minimum Gasteiger partial charge on any atom is -0.0616 e. The van der Waals surface area contributed by atoms with E-state index >= 15 is 0 Å². The van der Waals surface area contributed by atoms with E-state index in [0.29, 0.717) is 0 Å². The number of hydrogen-bond acceptors (Lipinski definition) is 0. The molecule has 26 heavy (non-hydrogen) atoms. The van der Waals surface area contributed by atoms with Gasteiger partial charge in [0.05, 0.1) is 0 Å². The number of halogens is 1. The van der Waals surface area contributed by atoms with Crippen LogP contribution in [-0.2, 0) is 5.41 Å². The van der Waals surface area contributed by atoms with Crippen LogP contribution in [0.1, 0.15) is 25.0 Å². The maximum Gasteiger partial charge on any atom is 0.0159 e. The molecule has 0 amide bonds. The highest BCUT2D eigenvalue weighted by Gasteiger charge is 2.36. The molecule has 126 valence electrons. The van der Waals surface area contributed by atoms with Gasteiger partial charge in [0.2, 0.25) is 0 Å². The first-order valence-corrected chi connectivity index (χ1v) is 10.1. The monoisotopic (exact) mass is 446 g/mol. The smallest absolute Gasteiger partial charge is 0.0159 e. The third kappa shape index (κ3) is 2.26. The lowest BCUT2D eigenvalue weighted by Gasteiger charge is -2.22. The van der Waals surface area contributed by atoms with E-state index in [0.717, 1.165) is 0 Å². The Labute approximate surface area is 168 Å². The van der Waals surface area contributed by atoms with Gasteiger partial charge in [-0.1, -0.05) is 74.5 Å². The van der Waals surface area contributed by atoms with E-state index in [1.165, 1.54) is 47.7 Å². The van der Waals surface area contributed by atoms with Crippen molar-refractivity contribution in [2.45, 2.75) is 19.3 Å². The van der Waals surface area contributed by atoms with Gasteiger partial charge in [-0.25, -0.2) is 0 Å². The van der Waals surface area contributed by atoms with Crippen molar-refractivity contribution in [2.24, 2.45) is 0 Å². The van der Waals surface area contributed by atoms with E-state index in [1.54, 1.807) is 0 Å². The molecule has 0 bridgehead atoms. The predicted octanol–water partition coefficient (Wildman–Crippen LogP) is 7.42. The fraction of sp³-hybridized carbons (Fsp3) is 0.120. The summed E-state index contributed by atoms with van der Waals surface area (Å²) in [6, 6.07) is 29.1. The molecule has 0 unspecified atom stereocenters.